The highest BCUT2D eigenvalue weighted by atomic mass is 28.4. The van der Waals surface area contributed by atoms with Crippen LogP contribution in [0.3, 0.4) is 0 Å². The first-order chi connectivity index (χ1) is 12.5. The van der Waals surface area contributed by atoms with E-state index in [2.05, 4.69) is 34.4 Å². The van der Waals surface area contributed by atoms with Crippen LogP contribution < -0.4 is 0 Å². The van der Waals surface area contributed by atoms with Crippen molar-refractivity contribution in [3.05, 3.63) is 0 Å². The fraction of sp³-hybridized carbons (Fsp3) is 0.625. The Morgan fingerprint density at radius 2 is 0.778 bits per heavy atom. The third-order valence-corrected chi connectivity index (χ3v) is 11.1. The molecule has 0 heterocycles. The van der Waals surface area contributed by atoms with Crippen LogP contribution in [0.5, 0.6) is 0 Å². The van der Waals surface area contributed by atoms with Crippen molar-refractivity contribution in [3.8, 4) is 34.4 Å². The van der Waals surface area contributed by atoms with Crippen molar-refractivity contribution >= 4 is 36.2 Å². The van der Waals surface area contributed by atoms with E-state index >= 15 is 0 Å². The van der Waals surface area contributed by atoms with Crippen molar-refractivity contribution in [3.63, 3.8) is 0 Å². The Kier molecular flexibility index (Phi) is 11.0. The highest BCUT2D eigenvalue weighted by Gasteiger charge is 2.33. The van der Waals surface area contributed by atoms with Gasteiger partial charge in [-0.2, -0.15) is 0 Å². The van der Waals surface area contributed by atoms with Gasteiger partial charge in [-0.15, -0.1) is 0 Å². The van der Waals surface area contributed by atoms with Gasteiger partial charge in [0.2, 0.25) is 5.60 Å². The largest absolute Gasteiger partial charge is 0.420 e. The summed E-state index contributed by atoms with van der Waals surface area (Å²) in [5.74, 6) is 9.05. The minimum atomic E-state index is -2.67. The molecule has 0 aromatic heterocycles. The standard InChI is InChI=1S/C16H30O7Si4/c1-17-25(7,18-2)13-10-16(23-24,11-14-26(8,19-3)20-4)12-15-27(9,21-5)22-6/h1-9,24H3. The molecule has 0 spiro atoms. The minimum absolute atomic E-state index is 0.352. The second-order valence-corrected chi connectivity index (χ2v) is 15.0. The van der Waals surface area contributed by atoms with Gasteiger partial charge in [0.25, 0.3) is 0 Å². The lowest BCUT2D eigenvalue weighted by Crippen LogP contribution is -2.39. The summed E-state index contributed by atoms with van der Waals surface area (Å²) >= 11 is 0. The Morgan fingerprint density at radius 3 is 0.926 bits per heavy atom. The lowest BCUT2D eigenvalue weighted by molar-refractivity contribution is 0.261. The first kappa shape index (κ1) is 26.3. The Bertz CT molecular complexity index is 565. The number of rotatable bonds is 7. The summed E-state index contributed by atoms with van der Waals surface area (Å²) in [5, 5.41) is 0. The monoisotopic (exact) mass is 446 g/mol. The predicted molar refractivity (Wildman–Crippen MR) is 114 cm³/mol. The zero-order valence-corrected chi connectivity index (χ0v) is 22.9. The van der Waals surface area contributed by atoms with Crippen molar-refractivity contribution in [2.75, 3.05) is 42.7 Å². The normalized spacial score (nSPS) is 12.3. The zero-order chi connectivity index (χ0) is 21.2. The van der Waals surface area contributed by atoms with Gasteiger partial charge in [-0.1, -0.05) is 16.6 Å². The quantitative estimate of drug-likeness (QED) is 0.394. The maximum absolute atomic E-state index is 5.74. The topological polar surface area (TPSA) is 64.6 Å². The summed E-state index contributed by atoms with van der Waals surface area (Å²) in [5.41, 5.74) is 7.77. The zero-order valence-electron chi connectivity index (χ0n) is 17.9. The highest BCUT2D eigenvalue weighted by molar-refractivity contribution is 6.75. The Balaban J connectivity index is 6.44. The van der Waals surface area contributed by atoms with Gasteiger partial charge in [0.1, 0.15) is 0 Å². The smallest absolute Gasteiger partial charge is 0.394 e. The molecule has 0 aliphatic rings. The fourth-order valence-electron chi connectivity index (χ4n) is 1.41. The van der Waals surface area contributed by atoms with E-state index in [1.807, 2.05) is 19.6 Å². The van der Waals surface area contributed by atoms with Crippen LogP contribution in [-0.4, -0.2) is 84.4 Å². The maximum Gasteiger partial charge on any atom is 0.420 e. The fourth-order valence-corrected chi connectivity index (χ4v) is 4.04. The van der Waals surface area contributed by atoms with Gasteiger partial charge < -0.3 is 31.0 Å². The lowest BCUT2D eigenvalue weighted by Gasteiger charge is -2.21. The Morgan fingerprint density at radius 1 is 0.556 bits per heavy atom. The molecule has 0 amide bonds. The van der Waals surface area contributed by atoms with Crippen LogP contribution in [0.1, 0.15) is 0 Å². The van der Waals surface area contributed by atoms with Crippen LogP contribution in [0.2, 0.25) is 19.6 Å². The average molecular weight is 447 g/mol. The number of hydrogen-bond donors (Lipinski definition) is 0. The molecule has 0 aliphatic heterocycles. The van der Waals surface area contributed by atoms with Crippen molar-refractivity contribution in [2.24, 2.45) is 0 Å². The molecule has 11 heteroatoms. The number of hydrogen-bond acceptors (Lipinski definition) is 7. The Hall–Kier alpha value is -0.732. The van der Waals surface area contributed by atoms with Gasteiger partial charge in [-0.25, -0.2) is 0 Å². The molecule has 0 saturated carbocycles. The van der Waals surface area contributed by atoms with E-state index in [1.165, 1.54) is 0 Å². The second-order valence-electron chi connectivity index (χ2n) is 5.70. The maximum atomic E-state index is 5.74. The molecular formula is C16H30O7Si4. The molecule has 0 radical (unpaired) electrons. The van der Waals surface area contributed by atoms with Gasteiger partial charge in [-0.3, -0.25) is 0 Å². The SMILES string of the molecule is CO[Si](C)(C#CC(C#C[Si](C)(OC)OC)(C#C[Si](C)(OC)OC)O[SiH3])OC. The summed E-state index contributed by atoms with van der Waals surface area (Å²) in [7, 11) is 1.70. The van der Waals surface area contributed by atoms with Crippen LogP contribution in [0, 0.1) is 34.4 Å². The molecule has 0 unspecified atom stereocenters. The summed E-state index contributed by atoms with van der Waals surface area (Å²) in [6.45, 7) is 5.47. The van der Waals surface area contributed by atoms with Crippen LogP contribution in [0.4, 0.5) is 0 Å². The van der Waals surface area contributed by atoms with Crippen LogP contribution in [-0.2, 0) is 31.0 Å². The molecule has 0 bridgehead atoms. The molecule has 27 heavy (non-hydrogen) atoms. The van der Waals surface area contributed by atoms with Gasteiger partial charge in [-0.05, 0) is 37.4 Å². The minimum Gasteiger partial charge on any atom is -0.394 e. The van der Waals surface area contributed by atoms with Crippen molar-refractivity contribution in [2.45, 2.75) is 25.2 Å². The van der Waals surface area contributed by atoms with Crippen LogP contribution in [0.25, 0.3) is 0 Å². The molecule has 0 fully saturated rings. The van der Waals surface area contributed by atoms with Crippen molar-refractivity contribution in [1.82, 2.24) is 0 Å². The first-order valence-corrected chi connectivity index (χ1v) is 15.8. The summed E-state index contributed by atoms with van der Waals surface area (Å²) < 4.78 is 38.3. The first-order valence-electron chi connectivity index (χ1n) is 8.04. The van der Waals surface area contributed by atoms with Gasteiger partial charge in [0, 0.05) is 42.7 Å². The Labute approximate surface area is 169 Å². The van der Waals surface area contributed by atoms with E-state index < -0.39 is 31.3 Å². The van der Waals surface area contributed by atoms with Gasteiger partial charge in [0.05, 0.1) is 0 Å². The molecule has 0 aromatic rings. The molecule has 0 rings (SSSR count). The summed E-state index contributed by atoms with van der Waals surface area (Å²) in [4.78, 5) is 0. The van der Waals surface area contributed by atoms with Crippen molar-refractivity contribution < 1.29 is 31.0 Å². The van der Waals surface area contributed by atoms with E-state index in [-0.39, 0.29) is 0 Å². The molecule has 0 aromatic carbocycles. The predicted octanol–water partition coefficient (Wildman–Crippen LogP) is -0.256. The summed E-state index contributed by atoms with van der Waals surface area (Å²) in [6.07, 6.45) is 0. The molecule has 152 valence electrons. The van der Waals surface area contributed by atoms with Crippen LogP contribution in [0.15, 0.2) is 0 Å². The third-order valence-electron chi connectivity index (χ3n) is 4.04. The highest BCUT2D eigenvalue weighted by Crippen LogP contribution is 2.12. The van der Waals surface area contributed by atoms with E-state index in [0.717, 1.165) is 0 Å². The van der Waals surface area contributed by atoms with E-state index in [0.29, 0.717) is 10.5 Å². The summed E-state index contributed by atoms with van der Waals surface area (Å²) in [6, 6.07) is 0. The third kappa shape index (κ3) is 8.03. The van der Waals surface area contributed by atoms with Crippen LogP contribution >= 0.6 is 0 Å². The molecule has 7 nitrogen and oxygen atoms in total. The van der Waals surface area contributed by atoms with Gasteiger partial charge in [0.15, 0.2) is 10.5 Å². The average Bonchev–Trinajstić information content (AvgIpc) is 2.72. The molecule has 0 N–H and O–H groups in total. The molecular weight excluding hydrogens is 417 g/mol. The molecule has 0 saturated heterocycles. The molecule has 0 atom stereocenters. The van der Waals surface area contributed by atoms with E-state index in [4.69, 9.17) is 31.0 Å². The van der Waals surface area contributed by atoms with E-state index in [1.54, 1.807) is 42.7 Å². The van der Waals surface area contributed by atoms with Crippen molar-refractivity contribution in [1.29, 1.82) is 0 Å². The van der Waals surface area contributed by atoms with E-state index in [9.17, 15) is 0 Å². The molecule has 0 aliphatic carbocycles. The van der Waals surface area contributed by atoms with Gasteiger partial charge >= 0.3 is 25.7 Å². The second kappa shape index (κ2) is 11.3. The lowest BCUT2D eigenvalue weighted by atomic mass is 10.1.